The Morgan fingerprint density at radius 2 is 2.12 bits per heavy atom. The number of hydrogen-bond donors (Lipinski definition) is 1. The number of H-pyrrole nitrogens is 1. The van der Waals surface area contributed by atoms with Gasteiger partial charge in [-0.15, -0.1) is 11.3 Å². The lowest BCUT2D eigenvalue weighted by Gasteiger charge is -2.37. The summed E-state index contributed by atoms with van der Waals surface area (Å²) in [5, 5.41) is 12.2. The van der Waals surface area contributed by atoms with Crippen molar-refractivity contribution in [2.45, 2.75) is 12.5 Å². The maximum Gasteiger partial charge on any atom is 0.276 e. The third-order valence-electron chi connectivity index (χ3n) is 4.58. The minimum Gasteiger partial charge on any atom is -0.493 e. The van der Waals surface area contributed by atoms with E-state index in [1.807, 2.05) is 34.5 Å². The molecule has 1 N–H and O–H groups in total. The van der Waals surface area contributed by atoms with Crippen molar-refractivity contribution < 1.29 is 14.3 Å². The number of benzene rings is 1. The second-order valence-electron chi connectivity index (χ2n) is 5.93. The van der Waals surface area contributed by atoms with E-state index < -0.39 is 0 Å². The predicted molar refractivity (Wildman–Crippen MR) is 96.8 cm³/mol. The molecule has 0 unspecified atom stereocenters. The van der Waals surface area contributed by atoms with Gasteiger partial charge in [0.25, 0.3) is 5.91 Å². The topological polar surface area (TPSA) is 80.3 Å². The smallest absolute Gasteiger partial charge is 0.276 e. The summed E-state index contributed by atoms with van der Waals surface area (Å²) < 4.78 is 10.9. The van der Waals surface area contributed by atoms with Crippen molar-refractivity contribution in [1.29, 1.82) is 0 Å². The van der Waals surface area contributed by atoms with Crippen molar-refractivity contribution in [3.8, 4) is 11.5 Å². The van der Waals surface area contributed by atoms with Crippen LogP contribution in [0.15, 0.2) is 35.8 Å². The molecule has 1 aromatic carbocycles. The number of nitrogens with zero attached hydrogens (tertiary/aromatic N) is 3. The van der Waals surface area contributed by atoms with Gasteiger partial charge in [0, 0.05) is 11.4 Å². The first-order valence-electron chi connectivity index (χ1n) is 8.18. The molecule has 0 radical (unpaired) electrons. The number of carbonyl (C=O) groups is 1. The Hall–Kier alpha value is -2.87. The van der Waals surface area contributed by atoms with Crippen molar-refractivity contribution in [3.63, 3.8) is 0 Å². The van der Waals surface area contributed by atoms with E-state index in [1.54, 1.807) is 25.6 Å². The summed E-state index contributed by atoms with van der Waals surface area (Å²) in [6.45, 7) is 0.594. The number of amides is 1. The van der Waals surface area contributed by atoms with Crippen molar-refractivity contribution in [3.05, 3.63) is 57.5 Å². The maximum atomic E-state index is 13.0. The van der Waals surface area contributed by atoms with Gasteiger partial charge in [-0.25, -0.2) is 0 Å². The first-order chi connectivity index (χ1) is 12.7. The van der Waals surface area contributed by atoms with E-state index in [9.17, 15) is 4.79 Å². The normalized spacial score (nSPS) is 16.2. The van der Waals surface area contributed by atoms with Crippen molar-refractivity contribution in [2.24, 2.45) is 0 Å². The van der Waals surface area contributed by atoms with E-state index >= 15 is 0 Å². The van der Waals surface area contributed by atoms with Crippen LogP contribution in [0.1, 0.15) is 32.5 Å². The zero-order valence-electron chi connectivity index (χ0n) is 14.4. The van der Waals surface area contributed by atoms with Gasteiger partial charge in [0.15, 0.2) is 17.2 Å². The molecule has 134 valence electrons. The number of hydrogen-bond acceptors (Lipinski definition) is 6. The summed E-state index contributed by atoms with van der Waals surface area (Å²) in [6.07, 6.45) is 2.19. The molecule has 3 aromatic rings. The molecular formula is C18H18N4O3S. The lowest BCUT2D eigenvalue weighted by Crippen LogP contribution is -2.40. The van der Waals surface area contributed by atoms with Crippen LogP contribution in [0.3, 0.4) is 0 Å². The van der Waals surface area contributed by atoms with Gasteiger partial charge < -0.3 is 14.4 Å². The van der Waals surface area contributed by atoms with Crippen LogP contribution in [0.5, 0.6) is 11.5 Å². The molecule has 0 bridgehead atoms. The summed E-state index contributed by atoms with van der Waals surface area (Å²) in [6, 6.07) is 7.83. The molecule has 1 atom stereocenters. The Labute approximate surface area is 154 Å². The Morgan fingerprint density at radius 3 is 2.77 bits per heavy atom. The molecule has 1 aliphatic heterocycles. The summed E-state index contributed by atoms with van der Waals surface area (Å²) in [7, 11) is 3.25. The van der Waals surface area contributed by atoms with Gasteiger partial charge in [0.2, 0.25) is 0 Å². The van der Waals surface area contributed by atoms with E-state index in [-0.39, 0.29) is 11.9 Å². The Balaban J connectivity index is 1.83. The number of thiophene rings is 1. The highest BCUT2D eigenvalue weighted by Crippen LogP contribution is 2.42. The van der Waals surface area contributed by atoms with E-state index in [4.69, 9.17) is 9.47 Å². The average Bonchev–Trinajstić information content (AvgIpc) is 3.39. The monoisotopic (exact) mass is 370 g/mol. The van der Waals surface area contributed by atoms with Crippen LogP contribution in [-0.4, -0.2) is 47.0 Å². The van der Waals surface area contributed by atoms with Gasteiger partial charge in [-0.05, 0) is 41.1 Å². The molecule has 4 rings (SSSR count). The number of nitrogens with one attached hydrogen (secondary N) is 1. The molecule has 0 saturated heterocycles. The second kappa shape index (κ2) is 6.80. The highest BCUT2D eigenvalue weighted by atomic mass is 32.1. The number of ether oxygens (including phenoxy) is 2. The van der Waals surface area contributed by atoms with Crippen LogP contribution in [0.2, 0.25) is 0 Å². The number of aromatic nitrogens is 3. The zero-order valence-corrected chi connectivity index (χ0v) is 15.2. The van der Waals surface area contributed by atoms with Crippen LogP contribution in [0.4, 0.5) is 0 Å². The van der Waals surface area contributed by atoms with Crippen LogP contribution in [-0.2, 0) is 6.42 Å². The molecule has 0 saturated carbocycles. The lowest BCUT2D eigenvalue weighted by atomic mass is 9.90. The number of rotatable bonds is 4. The molecule has 3 heterocycles. The van der Waals surface area contributed by atoms with Gasteiger partial charge in [0.1, 0.15) is 0 Å². The fraction of sp³-hybridized carbons (Fsp3) is 0.278. The zero-order chi connectivity index (χ0) is 18.1. The molecule has 26 heavy (non-hydrogen) atoms. The van der Waals surface area contributed by atoms with Crippen molar-refractivity contribution in [1.82, 2.24) is 20.3 Å². The first-order valence-corrected chi connectivity index (χ1v) is 9.06. The van der Waals surface area contributed by atoms with E-state index in [0.29, 0.717) is 23.7 Å². The molecular weight excluding hydrogens is 352 g/mol. The lowest BCUT2D eigenvalue weighted by molar-refractivity contribution is 0.0690. The Kier molecular flexibility index (Phi) is 4.34. The van der Waals surface area contributed by atoms with E-state index in [0.717, 1.165) is 22.4 Å². The van der Waals surface area contributed by atoms with Crippen LogP contribution in [0.25, 0.3) is 0 Å². The number of aromatic amines is 1. The second-order valence-corrected chi connectivity index (χ2v) is 6.91. The highest BCUT2D eigenvalue weighted by molar-refractivity contribution is 7.10. The first kappa shape index (κ1) is 16.6. The third kappa shape index (κ3) is 2.72. The molecule has 0 spiro atoms. The summed E-state index contributed by atoms with van der Waals surface area (Å²) >= 11 is 1.63. The van der Waals surface area contributed by atoms with E-state index in [2.05, 4.69) is 15.4 Å². The standard InChI is InChI=1S/C18H18N4O3S/c1-24-14-8-11-5-6-22(18(23)13-10-19-21-20-13)17(16-4-3-7-26-16)12(11)9-15(14)25-2/h3-4,7-10,17H,5-6H2,1-2H3,(H,19,20,21)/t17-/m1/s1. The summed E-state index contributed by atoms with van der Waals surface area (Å²) in [4.78, 5) is 15.9. The fourth-order valence-corrected chi connectivity index (χ4v) is 4.22. The van der Waals surface area contributed by atoms with Gasteiger partial charge in [-0.1, -0.05) is 6.07 Å². The minimum atomic E-state index is -0.192. The van der Waals surface area contributed by atoms with Crippen molar-refractivity contribution in [2.75, 3.05) is 20.8 Å². The fourth-order valence-electron chi connectivity index (χ4n) is 3.37. The molecule has 7 nitrogen and oxygen atoms in total. The molecule has 0 fully saturated rings. The third-order valence-corrected chi connectivity index (χ3v) is 5.51. The maximum absolute atomic E-state index is 13.0. The minimum absolute atomic E-state index is 0.141. The molecule has 8 heteroatoms. The van der Waals surface area contributed by atoms with E-state index in [1.165, 1.54) is 6.20 Å². The van der Waals surface area contributed by atoms with Gasteiger partial charge in [-0.3, -0.25) is 4.79 Å². The highest BCUT2D eigenvalue weighted by Gasteiger charge is 2.35. The average molecular weight is 370 g/mol. The van der Waals surface area contributed by atoms with Gasteiger partial charge >= 0.3 is 0 Å². The number of methoxy groups -OCH3 is 2. The van der Waals surface area contributed by atoms with Crippen LogP contribution in [0, 0.1) is 0 Å². The Morgan fingerprint density at radius 1 is 1.31 bits per heavy atom. The van der Waals surface area contributed by atoms with Gasteiger partial charge in [-0.2, -0.15) is 15.4 Å². The molecule has 1 amide bonds. The van der Waals surface area contributed by atoms with Crippen molar-refractivity contribution >= 4 is 17.2 Å². The molecule has 2 aromatic heterocycles. The van der Waals surface area contributed by atoms with Crippen LogP contribution >= 0.6 is 11.3 Å². The number of fused-ring (bicyclic) bond motifs is 1. The Bertz CT molecular complexity index is 909. The summed E-state index contributed by atoms with van der Waals surface area (Å²) in [5.41, 5.74) is 2.52. The van der Waals surface area contributed by atoms with Crippen LogP contribution < -0.4 is 9.47 Å². The summed E-state index contributed by atoms with van der Waals surface area (Å²) in [5.74, 6) is 1.22. The quantitative estimate of drug-likeness (QED) is 0.764. The molecule has 0 aliphatic carbocycles. The van der Waals surface area contributed by atoms with Gasteiger partial charge in [0.05, 0.1) is 26.5 Å². The largest absolute Gasteiger partial charge is 0.493 e. The SMILES string of the molecule is COc1cc2c(cc1OC)[C@H](c1cccs1)N(C(=O)c1cn[nH]n1)CC2. The molecule has 1 aliphatic rings. The predicted octanol–water partition coefficient (Wildman–Crippen LogP) is 2.67. The number of carbonyl (C=O) groups excluding carboxylic acids is 1.